The van der Waals surface area contributed by atoms with Crippen molar-refractivity contribution in [2.45, 2.75) is 13.5 Å². The first-order valence-corrected chi connectivity index (χ1v) is 10.5. The van der Waals surface area contributed by atoms with Crippen molar-refractivity contribution in [1.29, 1.82) is 0 Å². The zero-order valence-corrected chi connectivity index (χ0v) is 18.8. The van der Waals surface area contributed by atoms with E-state index in [-0.39, 0.29) is 6.54 Å². The molecule has 1 amide bonds. The van der Waals surface area contributed by atoms with E-state index in [4.69, 9.17) is 9.47 Å². The number of carbonyl (C=O) groups excluding carboxylic acids is 1. The van der Waals surface area contributed by atoms with Gasteiger partial charge in [0.1, 0.15) is 23.6 Å². The molecule has 0 saturated heterocycles. The van der Waals surface area contributed by atoms with Crippen molar-refractivity contribution in [1.82, 2.24) is 23.8 Å². The molecule has 0 atom stereocenters. The predicted octanol–water partition coefficient (Wildman–Crippen LogP) is 2.78. The van der Waals surface area contributed by atoms with E-state index in [1.165, 1.54) is 18.6 Å². The number of carbonyl (C=O) groups is 1. The third-order valence-corrected chi connectivity index (χ3v) is 5.51. The lowest BCUT2D eigenvalue weighted by Crippen LogP contribution is -2.28. The Kier molecular flexibility index (Phi) is 5.25. The lowest BCUT2D eigenvalue weighted by Gasteiger charge is -2.11. The summed E-state index contributed by atoms with van der Waals surface area (Å²) in [6.45, 7) is 1.75. The van der Waals surface area contributed by atoms with Gasteiger partial charge in [0.05, 0.1) is 25.6 Å². The third-order valence-electron chi connectivity index (χ3n) is 5.51. The average Bonchev–Trinajstić information content (AvgIpc) is 3.41. The molecule has 0 spiro atoms. The number of nitrogens with zero attached hydrogens (tertiary/aromatic N) is 5. The van der Waals surface area contributed by atoms with E-state index in [9.17, 15) is 9.59 Å². The number of nitrogens with one attached hydrogen (secondary N) is 1. The van der Waals surface area contributed by atoms with Crippen molar-refractivity contribution < 1.29 is 14.3 Å². The Hall–Kier alpha value is -4.60. The molecule has 0 fully saturated rings. The Morgan fingerprint density at radius 3 is 2.53 bits per heavy atom. The van der Waals surface area contributed by atoms with Gasteiger partial charge < -0.3 is 14.8 Å². The van der Waals surface area contributed by atoms with Crippen LogP contribution in [0.5, 0.6) is 11.5 Å². The molecule has 2 aromatic carbocycles. The lowest BCUT2D eigenvalue weighted by molar-refractivity contribution is -0.117. The second kappa shape index (κ2) is 8.39. The van der Waals surface area contributed by atoms with Crippen LogP contribution in [0.4, 0.5) is 5.69 Å². The summed E-state index contributed by atoms with van der Waals surface area (Å²) < 4.78 is 14.7. The van der Waals surface area contributed by atoms with Gasteiger partial charge in [-0.15, -0.1) is 5.10 Å². The highest BCUT2D eigenvalue weighted by atomic mass is 16.5. The summed E-state index contributed by atoms with van der Waals surface area (Å²) >= 11 is 0. The zero-order chi connectivity index (χ0) is 23.8. The van der Waals surface area contributed by atoms with Crippen LogP contribution in [-0.2, 0) is 11.3 Å². The van der Waals surface area contributed by atoms with Crippen molar-refractivity contribution in [2.75, 3.05) is 19.5 Å². The number of rotatable bonds is 6. The summed E-state index contributed by atoms with van der Waals surface area (Å²) in [4.78, 5) is 25.6. The van der Waals surface area contributed by atoms with Crippen molar-refractivity contribution in [2.24, 2.45) is 0 Å². The van der Waals surface area contributed by atoms with E-state index in [1.54, 1.807) is 35.1 Å². The van der Waals surface area contributed by atoms with Crippen LogP contribution in [0.25, 0.3) is 22.4 Å². The van der Waals surface area contributed by atoms with Crippen molar-refractivity contribution in [3.8, 4) is 22.8 Å². The van der Waals surface area contributed by atoms with Crippen LogP contribution in [0.2, 0.25) is 0 Å². The number of hydrogen-bond donors (Lipinski definition) is 1. The number of benzene rings is 2. The van der Waals surface area contributed by atoms with E-state index < -0.39 is 11.6 Å². The van der Waals surface area contributed by atoms with E-state index in [0.29, 0.717) is 28.4 Å². The van der Waals surface area contributed by atoms with Crippen molar-refractivity contribution in [3.63, 3.8) is 0 Å². The van der Waals surface area contributed by atoms with Crippen LogP contribution < -0.4 is 20.5 Å². The van der Waals surface area contributed by atoms with Gasteiger partial charge in [0.2, 0.25) is 5.91 Å². The summed E-state index contributed by atoms with van der Waals surface area (Å²) in [6.07, 6.45) is 3.28. The van der Waals surface area contributed by atoms with Gasteiger partial charge in [0, 0.05) is 24.0 Å². The molecule has 3 aromatic heterocycles. The summed E-state index contributed by atoms with van der Waals surface area (Å²) in [7, 11) is 3.04. The molecule has 0 aliphatic rings. The highest BCUT2D eigenvalue weighted by molar-refractivity contribution is 5.92. The number of amides is 1. The molecule has 0 aliphatic heterocycles. The molecule has 1 N–H and O–H groups in total. The maximum absolute atomic E-state index is 12.9. The molecule has 3 heterocycles. The number of ether oxygens (including phenoxy) is 2. The fourth-order valence-corrected chi connectivity index (χ4v) is 3.74. The summed E-state index contributed by atoms with van der Waals surface area (Å²) in [5.74, 6) is 0.608. The number of aryl methyl sites for hydroxylation is 1. The number of methoxy groups -OCH3 is 2. The van der Waals surface area contributed by atoms with Crippen molar-refractivity contribution in [3.05, 3.63) is 77.0 Å². The Labute approximate surface area is 194 Å². The second-order valence-electron chi connectivity index (χ2n) is 7.77. The molecule has 5 aromatic rings. The number of fused-ring (bicyclic) bond motifs is 3. The van der Waals surface area contributed by atoms with Crippen LogP contribution in [0.15, 0.2) is 65.7 Å². The van der Waals surface area contributed by atoms with Gasteiger partial charge in [0.25, 0.3) is 0 Å². The SMILES string of the molecule is COc1ccc(OC)c(NC(=O)Cn2nc3c4cc(-c5ccc(C)cc5)nn4ccn3c2=O)c1. The van der Waals surface area contributed by atoms with Crippen LogP contribution in [-0.4, -0.2) is 43.9 Å². The molecule has 0 aliphatic carbocycles. The van der Waals surface area contributed by atoms with E-state index >= 15 is 0 Å². The van der Waals surface area contributed by atoms with Crippen LogP contribution >= 0.6 is 0 Å². The molecule has 5 rings (SSSR count). The van der Waals surface area contributed by atoms with Crippen LogP contribution in [0, 0.1) is 6.92 Å². The molecular formula is C24H22N6O4. The van der Waals surface area contributed by atoms with E-state index in [1.807, 2.05) is 37.3 Å². The molecular weight excluding hydrogens is 436 g/mol. The molecule has 0 unspecified atom stereocenters. The minimum Gasteiger partial charge on any atom is -0.497 e. The van der Waals surface area contributed by atoms with Gasteiger partial charge in [-0.05, 0) is 25.1 Å². The maximum Gasteiger partial charge on any atom is 0.350 e. The number of aromatic nitrogens is 5. The monoisotopic (exact) mass is 458 g/mol. The quantitative estimate of drug-likeness (QED) is 0.420. The maximum atomic E-state index is 12.9. The minimum atomic E-state index is -0.429. The summed E-state index contributed by atoms with van der Waals surface area (Å²) in [6, 6.07) is 15.0. The molecule has 10 heteroatoms. The standard InChI is InChI=1S/C24H22N6O4/c1-15-4-6-16(7-5-15)18-13-20-23-27-30(24(32)28(23)10-11-29(20)26-18)14-22(31)25-19-12-17(33-2)8-9-21(19)34-3/h4-13H,14H2,1-3H3,(H,25,31). The minimum absolute atomic E-state index is 0.272. The smallest absolute Gasteiger partial charge is 0.350 e. The van der Waals surface area contributed by atoms with Gasteiger partial charge in [-0.25, -0.2) is 18.4 Å². The molecule has 0 radical (unpaired) electrons. The first-order chi connectivity index (χ1) is 16.5. The van der Waals surface area contributed by atoms with Gasteiger partial charge in [-0.1, -0.05) is 29.8 Å². The van der Waals surface area contributed by atoms with E-state index in [0.717, 1.165) is 21.5 Å². The normalized spacial score (nSPS) is 11.1. The first-order valence-electron chi connectivity index (χ1n) is 10.5. The van der Waals surface area contributed by atoms with E-state index in [2.05, 4.69) is 15.5 Å². The molecule has 10 nitrogen and oxygen atoms in total. The fourth-order valence-electron chi connectivity index (χ4n) is 3.74. The topological polar surface area (TPSA) is 104 Å². The van der Waals surface area contributed by atoms with Gasteiger partial charge in [0.15, 0.2) is 5.65 Å². The Balaban J connectivity index is 1.47. The largest absolute Gasteiger partial charge is 0.497 e. The molecule has 34 heavy (non-hydrogen) atoms. The van der Waals surface area contributed by atoms with Crippen LogP contribution in [0.1, 0.15) is 5.56 Å². The predicted molar refractivity (Wildman–Crippen MR) is 127 cm³/mol. The van der Waals surface area contributed by atoms with Gasteiger partial charge in [-0.2, -0.15) is 5.10 Å². The second-order valence-corrected chi connectivity index (χ2v) is 7.77. The number of hydrogen-bond acceptors (Lipinski definition) is 6. The first kappa shape index (κ1) is 21.3. The molecule has 172 valence electrons. The Morgan fingerprint density at radius 1 is 1.00 bits per heavy atom. The Bertz CT molecular complexity index is 1580. The van der Waals surface area contributed by atoms with Gasteiger partial charge >= 0.3 is 5.69 Å². The average molecular weight is 458 g/mol. The van der Waals surface area contributed by atoms with Crippen molar-refractivity contribution >= 4 is 22.8 Å². The Morgan fingerprint density at radius 2 is 1.79 bits per heavy atom. The third kappa shape index (κ3) is 3.75. The highest BCUT2D eigenvalue weighted by Gasteiger charge is 2.16. The van der Waals surface area contributed by atoms with Crippen LogP contribution in [0.3, 0.4) is 0 Å². The van der Waals surface area contributed by atoms with Gasteiger partial charge in [-0.3, -0.25) is 4.79 Å². The molecule has 0 bridgehead atoms. The molecule has 0 saturated carbocycles. The fraction of sp³-hybridized carbons (Fsp3) is 0.167. The summed E-state index contributed by atoms with van der Waals surface area (Å²) in [5, 5.41) is 11.8. The number of anilines is 1. The zero-order valence-electron chi connectivity index (χ0n) is 18.8. The summed E-state index contributed by atoms with van der Waals surface area (Å²) in [5.41, 5.74) is 3.95. The highest BCUT2D eigenvalue weighted by Crippen LogP contribution is 2.29. The lowest BCUT2D eigenvalue weighted by atomic mass is 10.1.